The van der Waals surface area contributed by atoms with Crippen LogP contribution in [0.1, 0.15) is 46.5 Å². The average Bonchev–Trinajstić information content (AvgIpc) is 3.21. The van der Waals surface area contributed by atoms with Crippen molar-refractivity contribution in [3.8, 4) is 0 Å². The SMILES string of the molecule is C=C1CC(C(C)C)N2C=C(C(=O)OCC)C(=O)CC2/C1=C/C(OC)=C1\CCC(COC)O1. The van der Waals surface area contributed by atoms with E-state index in [0.29, 0.717) is 18.3 Å². The number of ether oxygens (including phenoxy) is 4. The molecule has 3 aliphatic heterocycles. The van der Waals surface area contributed by atoms with E-state index in [1.54, 1.807) is 27.3 Å². The number of rotatable bonds is 7. The lowest BCUT2D eigenvalue weighted by Crippen LogP contribution is -2.51. The molecular weight excluding hydrogens is 410 g/mol. The summed E-state index contributed by atoms with van der Waals surface area (Å²) < 4.78 is 22.0. The van der Waals surface area contributed by atoms with Crippen LogP contribution in [0.2, 0.25) is 0 Å². The number of fused-ring (bicyclic) bond motifs is 1. The van der Waals surface area contributed by atoms with Gasteiger partial charge in [0.25, 0.3) is 0 Å². The molecule has 0 amide bonds. The molecule has 0 aromatic carbocycles. The fraction of sp³-hybridized carbons (Fsp3) is 0.600. The van der Waals surface area contributed by atoms with Gasteiger partial charge in [-0.25, -0.2) is 4.79 Å². The van der Waals surface area contributed by atoms with Gasteiger partial charge in [0, 0.05) is 32.2 Å². The molecule has 32 heavy (non-hydrogen) atoms. The largest absolute Gasteiger partial charge is 0.493 e. The van der Waals surface area contributed by atoms with Crippen LogP contribution in [0.15, 0.2) is 47.1 Å². The Labute approximate surface area is 190 Å². The first-order valence-electron chi connectivity index (χ1n) is 11.3. The Kier molecular flexibility index (Phi) is 7.82. The van der Waals surface area contributed by atoms with Gasteiger partial charge in [-0.2, -0.15) is 0 Å². The maximum Gasteiger partial charge on any atom is 0.343 e. The fourth-order valence-electron chi connectivity index (χ4n) is 4.65. The Morgan fingerprint density at radius 1 is 1.34 bits per heavy atom. The van der Waals surface area contributed by atoms with Crippen molar-refractivity contribution in [2.45, 2.75) is 64.6 Å². The molecule has 0 N–H and O–H groups in total. The lowest BCUT2D eigenvalue weighted by Gasteiger charge is -2.47. The molecule has 0 aliphatic carbocycles. The van der Waals surface area contributed by atoms with E-state index in [4.69, 9.17) is 18.9 Å². The summed E-state index contributed by atoms with van der Waals surface area (Å²) in [6.45, 7) is 11.1. The highest BCUT2D eigenvalue weighted by Crippen LogP contribution is 2.40. The van der Waals surface area contributed by atoms with Crippen LogP contribution in [0.25, 0.3) is 0 Å². The number of Topliss-reactive ketones (excluding diaryl/α,β-unsaturated/α-hetero) is 1. The van der Waals surface area contributed by atoms with Crippen molar-refractivity contribution in [2.75, 3.05) is 27.4 Å². The third-order valence-electron chi connectivity index (χ3n) is 6.32. The minimum atomic E-state index is -0.559. The van der Waals surface area contributed by atoms with Gasteiger partial charge < -0.3 is 23.8 Å². The van der Waals surface area contributed by atoms with E-state index in [1.165, 1.54) is 0 Å². The standard InChI is InChI=1S/C25H35NO6/c1-7-31-25(28)19-13-26-20(15(2)3)10-16(4)18(21(26)12-22(19)27)11-24(30-6)23-9-8-17(32-23)14-29-5/h11,13,15,17,20-21H,4,7-10,12,14H2,1-3,5-6H3/b18-11+,24-23-. The number of esters is 1. The molecule has 3 unspecified atom stereocenters. The molecule has 0 spiro atoms. The molecule has 3 heterocycles. The van der Waals surface area contributed by atoms with E-state index in [2.05, 4.69) is 25.3 Å². The van der Waals surface area contributed by atoms with Crippen molar-refractivity contribution < 1.29 is 28.5 Å². The molecule has 0 radical (unpaired) electrons. The number of carbonyl (C=O) groups is 2. The Morgan fingerprint density at radius 3 is 2.72 bits per heavy atom. The minimum absolute atomic E-state index is 0.0151. The summed E-state index contributed by atoms with van der Waals surface area (Å²) in [5.41, 5.74) is 2.04. The van der Waals surface area contributed by atoms with E-state index < -0.39 is 5.97 Å². The van der Waals surface area contributed by atoms with E-state index >= 15 is 0 Å². The van der Waals surface area contributed by atoms with Gasteiger partial charge in [-0.15, -0.1) is 0 Å². The number of hydrogen-bond donors (Lipinski definition) is 0. The molecule has 2 fully saturated rings. The molecule has 7 nitrogen and oxygen atoms in total. The second-order valence-electron chi connectivity index (χ2n) is 8.80. The number of nitrogens with zero attached hydrogens (tertiary/aromatic N) is 1. The van der Waals surface area contributed by atoms with E-state index in [9.17, 15) is 9.59 Å². The quantitative estimate of drug-likeness (QED) is 0.336. The van der Waals surface area contributed by atoms with Crippen molar-refractivity contribution in [2.24, 2.45) is 5.92 Å². The van der Waals surface area contributed by atoms with Crippen LogP contribution >= 0.6 is 0 Å². The molecule has 0 aromatic rings. The predicted octanol–water partition coefficient (Wildman–Crippen LogP) is 3.67. The van der Waals surface area contributed by atoms with Crippen LogP contribution in [-0.4, -0.2) is 62.3 Å². The zero-order valence-corrected chi connectivity index (χ0v) is 19.8. The summed E-state index contributed by atoms with van der Waals surface area (Å²) in [4.78, 5) is 27.4. The molecule has 3 rings (SSSR count). The molecule has 2 saturated heterocycles. The summed E-state index contributed by atoms with van der Waals surface area (Å²) in [6, 6.07) is -0.0779. The molecule has 3 aliphatic rings. The number of ketones is 1. The van der Waals surface area contributed by atoms with Gasteiger partial charge in [0.2, 0.25) is 0 Å². The van der Waals surface area contributed by atoms with Crippen LogP contribution in [0, 0.1) is 5.92 Å². The van der Waals surface area contributed by atoms with Crippen molar-refractivity contribution in [1.29, 1.82) is 0 Å². The number of piperidine rings is 1. The molecule has 7 heteroatoms. The second kappa shape index (κ2) is 10.4. The van der Waals surface area contributed by atoms with Crippen LogP contribution in [0.5, 0.6) is 0 Å². The maximum atomic E-state index is 12.9. The summed E-state index contributed by atoms with van der Waals surface area (Å²) in [6.07, 6.45) is 6.23. The van der Waals surface area contributed by atoms with Crippen molar-refractivity contribution in [3.63, 3.8) is 0 Å². The first-order valence-corrected chi connectivity index (χ1v) is 11.3. The maximum absolute atomic E-state index is 12.9. The highest BCUT2D eigenvalue weighted by molar-refractivity contribution is 6.18. The van der Waals surface area contributed by atoms with Gasteiger partial charge >= 0.3 is 5.97 Å². The third-order valence-corrected chi connectivity index (χ3v) is 6.32. The molecular formula is C25H35NO6. The average molecular weight is 446 g/mol. The zero-order valence-electron chi connectivity index (χ0n) is 19.8. The molecule has 176 valence electrons. The van der Waals surface area contributed by atoms with Crippen molar-refractivity contribution >= 4 is 11.8 Å². The monoisotopic (exact) mass is 445 g/mol. The molecule has 3 atom stereocenters. The van der Waals surface area contributed by atoms with Gasteiger partial charge in [-0.05, 0) is 42.9 Å². The Morgan fingerprint density at radius 2 is 2.09 bits per heavy atom. The van der Waals surface area contributed by atoms with Gasteiger partial charge in [0.1, 0.15) is 17.4 Å². The summed E-state index contributed by atoms with van der Waals surface area (Å²) in [5, 5.41) is 0. The van der Waals surface area contributed by atoms with Gasteiger partial charge in [0.05, 0.1) is 26.4 Å². The smallest absolute Gasteiger partial charge is 0.343 e. The second-order valence-corrected chi connectivity index (χ2v) is 8.80. The number of allylic oxidation sites excluding steroid dienone is 2. The Bertz CT molecular complexity index is 852. The lowest BCUT2D eigenvalue weighted by molar-refractivity contribution is -0.140. The third kappa shape index (κ3) is 4.93. The van der Waals surface area contributed by atoms with Gasteiger partial charge in [0.15, 0.2) is 11.5 Å². The zero-order chi connectivity index (χ0) is 23.4. The van der Waals surface area contributed by atoms with Crippen LogP contribution in [-0.2, 0) is 28.5 Å². The van der Waals surface area contributed by atoms with Crippen LogP contribution < -0.4 is 0 Å². The summed E-state index contributed by atoms with van der Waals surface area (Å²) >= 11 is 0. The van der Waals surface area contributed by atoms with E-state index in [-0.39, 0.29) is 42.6 Å². The van der Waals surface area contributed by atoms with Crippen LogP contribution in [0.3, 0.4) is 0 Å². The minimum Gasteiger partial charge on any atom is -0.493 e. The van der Waals surface area contributed by atoms with E-state index in [0.717, 1.165) is 36.2 Å². The Hall–Kier alpha value is -2.54. The van der Waals surface area contributed by atoms with Crippen molar-refractivity contribution in [1.82, 2.24) is 4.90 Å². The molecule has 0 bridgehead atoms. The number of carbonyl (C=O) groups excluding carboxylic acids is 2. The number of methoxy groups -OCH3 is 2. The first kappa shape index (κ1) is 24.1. The Balaban J connectivity index is 1.98. The summed E-state index contributed by atoms with van der Waals surface area (Å²) in [7, 11) is 3.28. The highest BCUT2D eigenvalue weighted by atomic mass is 16.5. The van der Waals surface area contributed by atoms with Crippen LogP contribution in [0.4, 0.5) is 0 Å². The number of hydrogen-bond acceptors (Lipinski definition) is 7. The van der Waals surface area contributed by atoms with Gasteiger partial charge in [-0.3, -0.25) is 4.79 Å². The van der Waals surface area contributed by atoms with Gasteiger partial charge in [-0.1, -0.05) is 20.4 Å². The van der Waals surface area contributed by atoms with E-state index in [1.807, 2.05) is 6.08 Å². The fourth-order valence-corrected chi connectivity index (χ4v) is 4.65. The normalized spacial score (nSPS) is 28.4. The highest BCUT2D eigenvalue weighted by Gasteiger charge is 2.42. The molecule has 0 aromatic heterocycles. The molecule has 0 saturated carbocycles. The topological polar surface area (TPSA) is 74.3 Å². The lowest BCUT2D eigenvalue weighted by atomic mass is 9.78. The first-order chi connectivity index (χ1) is 15.3. The summed E-state index contributed by atoms with van der Waals surface area (Å²) in [5.74, 6) is 0.984. The predicted molar refractivity (Wildman–Crippen MR) is 120 cm³/mol. The van der Waals surface area contributed by atoms with Crippen molar-refractivity contribution in [3.05, 3.63) is 47.1 Å².